The monoisotopic (exact) mass is 488 g/mol. The molecule has 0 atom stereocenters. The molecule has 0 bridgehead atoms. The molecule has 7 heteroatoms. The molecule has 2 rings (SSSR count). The van der Waals surface area contributed by atoms with Crippen molar-refractivity contribution in [1.29, 1.82) is 0 Å². The van der Waals surface area contributed by atoms with E-state index in [1.54, 1.807) is 11.3 Å². The van der Waals surface area contributed by atoms with E-state index in [0.29, 0.717) is 19.7 Å². The molecule has 1 aromatic carbocycles. The Hall–Kier alpha value is -1.32. The van der Waals surface area contributed by atoms with Gasteiger partial charge in [0.15, 0.2) is 5.96 Å². The number of benzene rings is 1. The van der Waals surface area contributed by atoms with Crippen LogP contribution >= 0.6 is 35.3 Å². The van der Waals surface area contributed by atoms with Crippen LogP contribution in [0.1, 0.15) is 18.1 Å². The molecule has 0 unspecified atom stereocenters. The summed E-state index contributed by atoms with van der Waals surface area (Å²) in [5, 5.41) is 10.9. The van der Waals surface area contributed by atoms with Crippen LogP contribution in [0, 0.1) is 0 Å². The van der Waals surface area contributed by atoms with Gasteiger partial charge in [-0.15, -0.1) is 24.0 Å². The highest BCUT2D eigenvalue weighted by atomic mass is 127. The number of likely N-dealkylation sites (N-methyl/N-ethyl adjacent to an activating group) is 1. The van der Waals surface area contributed by atoms with Crippen molar-refractivity contribution < 1.29 is 4.74 Å². The molecular formula is C19H29IN4OS. The lowest BCUT2D eigenvalue weighted by atomic mass is 10.2. The van der Waals surface area contributed by atoms with Crippen LogP contribution in [0.4, 0.5) is 0 Å². The predicted octanol–water partition coefficient (Wildman–Crippen LogP) is 3.56. The minimum atomic E-state index is 0. The zero-order valence-corrected chi connectivity index (χ0v) is 18.8. The second-order valence-electron chi connectivity index (χ2n) is 5.94. The third-order valence-electron chi connectivity index (χ3n) is 3.56. The Kier molecular flexibility index (Phi) is 11.3. The summed E-state index contributed by atoms with van der Waals surface area (Å²) in [6.07, 6.45) is 0. The van der Waals surface area contributed by atoms with Gasteiger partial charge in [0.1, 0.15) is 12.4 Å². The van der Waals surface area contributed by atoms with Crippen LogP contribution < -0.4 is 15.4 Å². The summed E-state index contributed by atoms with van der Waals surface area (Å²) in [6.45, 7) is 5.83. The van der Waals surface area contributed by atoms with E-state index in [1.165, 1.54) is 5.56 Å². The Balaban J connectivity index is 0.00000338. The average molecular weight is 488 g/mol. The highest BCUT2D eigenvalue weighted by molar-refractivity contribution is 14.0. The van der Waals surface area contributed by atoms with Crippen molar-refractivity contribution in [2.45, 2.75) is 20.0 Å². The predicted molar refractivity (Wildman–Crippen MR) is 122 cm³/mol. The molecule has 0 amide bonds. The van der Waals surface area contributed by atoms with E-state index < -0.39 is 0 Å². The van der Waals surface area contributed by atoms with E-state index in [2.05, 4.69) is 50.3 Å². The van der Waals surface area contributed by atoms with Crippen LogP contribution in [0.5, 0.6) is 5.75 Å². The summed E-state index contributed by atoms with van der Waals surface area (Å²) in [4.78, 5) is 6.75. The molecule has 0 fully saturated rings. The van der Waals surface area contributed by atoms with Crippen LogP contribution in [0.2, 0.25) is 0 Å². The topological polar surface area (TPSA) is 48.9 Å². The summed E-state index contributed by atoms with van der Waals surface area (Å²) >= 11 is 1.70. The van der Waals surface area contributed by atoms with Crippen LogP contribution in [0.3, 0.4) is 0 Å². The molecule has 2 aromatic rings. The molecular weight excluding hydrogens is 459 g/mol. The number of guanidine groups is 1. The fourth-order valence-electron chi connectivity index (χ4n) is 2.20. The Morgan fingerprint density at radius 3 is 2.69 bits per heavy atom. The molecule has 0 spiro atoms. The van der Waals surface area contributed by atoms with E-state index in [4.69, 9.17) is 4.74 Å². The van der Waals surface area contributed by atoms with Gasteiger partial charge >= 0.3 is 0 Å². The standard InChI is InChI=1S/C19H28N4OS.HI/c1-4-20-19(21-13-16-9-12-25-15-16)22-14-17-7-5-6-8-18(17)24-11-10-23(2)3;/h5-9,12,15H,4,10-11,13-14H2,1-3H3,(H2,20,21,22);1H. The van der Waals surface area contributed by atoms with Gasteiger partial charge in [0, 0.05) is 25.2 Å². The molecule has 2 N–H and O–H groups in total. The van der Waals surface area contributed by atoms with Gasteiger partial charge < -0.3 is 20.3 Å². The van der Waals surface area contributed by atoms with Crippen molar-refractivity contribution in [1.82, 2.24) is 15.5 Å². The fraction of sp³-hybridized carbons (Fsp3) is 0.421. The van der Waals surface area contributed by atoms with Gasteiger partial charge in [-0.3, -0.25) is 0 Å². The molecule has 5 nitrogen and oxygen atoms in total. The number of nitrogens with one attached hydrogen (secondary N) is 2. The molecule has 144 valence electrons. The van der Waals surface area contributed by atoms with Crippen molar-refractivity contribution in [3.05, 3.63) is 52.2 Å². The lowest BCUT2D eigenvalue weighted by Crippen LogP contribution is -2.36. The number of aliphatic imine (C=N–C) groups is 1. The quantitative estimate of drug-likeness (QED) is 0.322. The van der Waals surface area contributed by atoms with Gasteiger partial charge in [-0.2, -0.15) is 11.3 Å². The summed E-state index contributed by atoms with van der Waals surface area (Å²) in [5.74, 6) is 1.74. The van der Waals surface area contributed by atoms with Crippen LogP contribution in [0.25, 0.3) is 0 Å². The molecule has 1 heterocycles. The maximum Gasteiger partial charge on any atom is 0.191 e. The lowest BCUT2D eigenvalue weighted by molar-refractivity contribution is 0.259. The van der Waals surface area contributed by atoms with Crippen molar-refractivity contribution in [3.8, 4) is 5.75 Å². The largest absolute Gasteiger partial charge is 0.492 e. The Morgan fingerprint density at radius 1 is 1.19 bits per heavy atom. The molecule has 0 aliphatic rings. The number of nitrogens with zero attached hydrogens (tertiary/aromatic N) is 2. The Bertz CT molecular complexity index is 647. The van der Waals surface area contributed by atoms with E-state index in [0.717, 1.165) is 30.4 Å². The molecule has 0 aliphatic heterocycles. The fourth-order valence-corrected chi connectivity index (χ4v) is 2.86. The normalized spacial score (nSPS) is 11.2. The van der Waals surface area contributed by atoms with Gasteiger partial charge in [0.05, 0.1) is 6.54 Å². The van der Waals surface area contributed by atoms with E-state index in [-0.39, 0.29) is 24.0 Å². The number of hydrogen-bond acceptors (Lipinski definition) is 4. The number of para-hydroxylation sites is 1. The van der Waals surface area contributed by atoms with Gasteiger partial charge in [-0.1, -0.05) is 18.2 Å². The first kappa shape index (κ1) is 22.7. The summed E-state index contributed by atoms with van der Waals surface area (Å²) in [7, 11) is 4.09. The van der Waals surface area contributed by atoms with E-state index in [1.807, 2.05) is 32.3 Å². The SMILES string of the molecule is CCNC(=NCc1ccsc1)NCc1ccccc1OCCN(C)C.I. The van der Waals surface area contributed by atoms with Crippen LogP contribution in [-0.2, 0) is 13.1 Å². The number of hydrogen-bond donors (Lipinski definition) is 2. The van der Waals surface area contributed by atoms with Gasteiger partial charge in [0.25, 0.3) is 0 Å². The van der Waals surface area contributed by atoms with Crippen LogP contribution in [-0.4, -0.2) is 44.7 Å². The smallest absolute Gasteiger partial charge is 0.191 e. The maximum atomic E-state index is 5.92. The second kappa shape index (κ2) is 12.9. The van der Waals surface area contributed by atoms with E-state index in [9.17, 15) is 0 Å². The van der Waals surface area contributed by atoms with E-state index >= 15 is 0 Å². The average Bonchev–Trinajstić information content (AvgIpc) is 3.11. The van der Waals surface area contributed by atoms with Crippen molar-refractivity contribution >= 4 is 41.3 Å². The van der Waals surface area contributed by atoms with Crippen molar-refractivity contribution in [3.63, 3.8) is 0 Å². The minimum Gasteiger partial charge on any atom is -0.492 e. The van der Waals surface area contributed by atoms with Gasteiger partial charge in [-0.25, -0.2) is 4.99 Å². The number of rotatable bonds is 9. The first-order valence-electron chi connectivity index (χ1n) is 8.57. The van der Waals surface area contributed by atoms with Crippen LogP contribution in [0.15, 0.2) is 46.1 Å². The Labute approximate surface area is 177 Å². The third-order valence-corrected chi connectivity index (χ3v) is 4.29. The number of halogens is 1. The summed E-state index contributed by atoms with van der Waals surface area (Å²) in [6, 6.07) is 10.2. The molecule has 1 aromatic heterocycles. The number of ether oxygens (including phenoxy) is 1. The van der Waals surface area contributed by atoms with Crippen molar-refractivity contribution in [2.24, 2.45) is 4.99 Å². The first-order valence-corrected chi connectivity index (χ1v) is 9.52. The lowest BCUT2D eigenvalue weighted by Gasteiger charge is -2.16. The first-order chi connectivity index (χ1) is 12.2. The summed E-state index contributed by atoms with van der Waals surface area (Å²) < 4.78 is 5.92. The summed E-state index contributed by atoms with van der Waals surface area (Å²) in [5.41, 5.74) is 2.36. The zero-order valence-electron chi connectivity index (χ0n) is 15.7. The highest BCUT2D eigenvalue weighted by Crippen LogP contribution is 2.17. The number of thiophene rings is 1. The highest BCUT2D eigenvalue weighted by Gasteiger charge is 2.05. The molecule has 0 saturated carbocycles. The zero-order chi connectivity index (χ0) is 17.9. The van der Waals surface area contributed by atoms with Gasteiger partial charge in [0.2, 0.25) is 0 Å². The van der Waals surface area contributed by atoms with Gasteiger partial charge in [-0.05, 0) is 49.5 Å². The minimum absolute atomic E-state index is 0. The molecule has 0 saturated heterocycles. The third kappa shape index (κ3) is 8.37. The second-order valence-corrected chi connectivity index (χ2v) is 6.72. The molecule has 0 aliphatic carbocycles. The molecule has 26 heavy (non-hydrogen) atoms. The molecule has 0 radical (unpaired) electrons. The Morgan fingerprint density at radius 2 is 2.00 bits per heavy atom. The maximum absolute atomic E-state index is 5.92. The van der Waals surface area contributed by atoms with Crippen molar-refractivity contribution in [2.75, 3.05) is 33.8 Å².